The van der Waals surface area contributed by atoms with Crippen LogP contribution in [0.15, 0.2) is 84.9 Å². The van der Waals surface area contributed by atoms with Crippen LogP contribution in [0.1, 0.15) is 16.7 Å². The Labute approximate surface area is 218 Å². The van der Waals surface area contributed by atoms with Crippen molar-refractivity contribution in [3.63, 3.8) is 0 Å². The van der Waals surface area contributed by atoms with E-state index in [4.69, 9.17) is 9.47 Å². The summed E-state index contributed by atoms with van der Waals surface area (Å²) in [5, 5.41) is 5.39. The summed E-state index contributed by atoms with van der Waals surface area (Å²) in [6.07, 6.45) is -0.242. The van der Waals surface area contributed by atoms with E-state index in [1.165, 1.54) is 7.11 Å². The van der Waals surface area contributed by atoms with Crippen molar-refractivity contribution < 1.29 is 23.9 Å². The number of alkyl carbamates (subject to hydrolysis) is 1. The number of rotatable bonds is 10. The lowest BCUT2D eigenvalue weighted by Crippen LogP contribution is -2.53. The van der Waals surface area contributed by atoms with Crippen molar-refractivity contribution in [2.45, 2.75) is 31.5 Å². The van der Waals surface area contributed by atoms with Crippen molar-refractivity contribution in [3.8, 4) is 0 Å². The first kappa shape index (κ1) is 26.2. The molecule has 0 aliphatic rings. The molecule has 0 heterocycles. The maximum Gasteiger partial charge on any atom is 0.408 e. The van der Waals surface area contributed by atoms with Gasteiger partial charge in [0.05, 0.1) is 7.11 Å². The zero-order valence-corrected chi connectivity index (χ0v) is 21.4. The van der Waals surface area contributed by atoms with Gasteiger partial charge in [-0.3, -0.25) is 4.79 Å². The van der Waals surface area contributed by atoms with Crippen LogP contribution in [0.4, 0.5) is 4.79 Å². The molecule has 0 spiro atoms. The minimum atomic E-state index is -0.954. The average Bonchev–Trinajstić information content (AvgIpc) is 2.88. The van der Waals surface area contributed by atoms with Gasteiger partial charge >= 0.3 is 12.1 Å². The van der Waals surface area contributed by atoms with Crippen LogP contribution in [0, 0.1) is 3.57 Å². The van der Waals surface area contributed by atoms with Gasteiger partial charge < -0.3 is 20.1 Å². The minimum absolute atomic E-state index is 0.0734. The van der Waals surface area contributed by atoms with E-state index >= 15 is 0 Å². The molecule has 0 radical (unpaired) electrons. The summed E-state index contributed by atoms with van der Waals surface area (Å²) in [5.74, 6) is -1.08. The summed E-state index contributed by atoms with van der Waals surface area (Å²) in [6.45, 7) is 0.0734. The largest absolute Gasteiger partial charge is 0.467 e. The second-order valence-corrected chi connectivity index (χ2v) is 9.11. The molecule has 8 heteroatoms. The zero-order chi connectivity index (χ0) is 25.0. The number of halogens is 1. The third-order valence-corrected chi connectivity index (χ3v) is 5.98. The molecule has 7 nitrogen and oxygen atoms in total. The molecule has 3 aromatic rings. The van der Waals surface area contributed by atoms with Gasteiger partial charge in [-0.25, -0.2) is 9.59 Å². The van der Waals surface area contributed by atoms with Gasteiger partial charge in [0.1, 0.15) is 18.7 Å². The van der Waals surface area contributed by atoms with Crippen molar-refractivity contribution in [2.24, 2.45) is 0 Å². The van der Waals surface area contributed by atoms with Gasteiger partial charge in [-0.15, -0.1) is 0 Å². The number of benzene rings is 3. The summed E-state index contributed by atoms with van der Waals surface area (Å²) in [5.41, 5.74) is 2.55. The van der Waals surface area contributed by atoms with Crippen LogP contribution in [0.5, 0.6) is 0 Å². The van der Waals surface area contributed by atoms with E-state index in [2.05, 4.69) is 33.2 Å². The normalized spacial score (nSPS) is 12.2. The first-order valence-electron chi connectivity index (χ1n) is 11.1. The van der Waals surface area contributed by atoms with E-state index in [1.54, 1.807) is 0 Å². The number of esters is 1. The predicted octanol–water partition coefficient (Wildman–Crippen LogP) is 4.03. The van der Waals surface area contributed by atoms with Crippen LogP contribution in [-0.2, 0) is 38.5 Å². The molecule has 0 aliphatic carbocycles. The second-order valence-electron chi connectivity index (χ2n) is 7.86. The Morgan fingerprint density at radius 2 is 1.29 bits per heavy atom. The van der Waals surface area contributed by atoms with Gasteiger partial charge in [0.25, 0.3) is 0 Å². The standard InChI is InChI=1S/C27H27IN2O5/c1-34-26(32)24(17-20-12-14-22(28)15-13-20)29-25(31)23(16-19-8-4-2-5-9-19)30-27(33)35-18-21-10-6-3-7-11-21/h2-15,23-24H,16-18H2,1H3,(H,29,31)(H,30,33)/t23-,24+/m1/s1. The molecule has 0 saturated heterocycles. The lowest BCUT2D eigenvalue weighted by molar-refractivity contribution is -0.145. The van der Waals surface area contributed by atoms with E-state index in [0.29, 0.717) is 0 Å². The van der Waals surface area contributed by atoms with Crippen LogP contribution in [-0.4, -0.2) is 37.2 Å². The fourth-order valence-electron chi connectivity index (χ4n) is 3.43. The molecule has 0 bridgehead atoms. The molecule has 2 atom stereocenters. The van der Waals surface area contributed by atoms with Gasteiger partial charge in [-0.2, -0.15) is 0 Å². The topological polar surface area (TPSA) is 93.7 Å². The molecule has 182 valence electrons. The van der Waals surface area contributed by atoms with E-state index in [-0.39, 0.29) is 19.4 Å². The first-order chi connectivity index (χ1) is 16.9. The zero-order valence-electron chi connectivity index (χ0n) is 19.3. The molecular weight excluding hydrogens is 559 g/mol. The molecule has 0 unspecified atom stereocenters. The molecule has 35 heavy (non-hydrogen) atoms. The Balaban J connectivity index is 1.71. The highest BCUT2D eigenvalue weighted by molar-refractivity contribution is 14.1. The number of hydrogen-bond donors (Lipinski definition) is 2. The van der Waals surface area contributed by atoms with Gasteiger partial charge in [0.15, 0.2) is 0 Å². The number of ether oxygens (including phenoxy) is 2. The Morgan fingerprint density at radius 1 is 0.743 bits per heavy atom. The van der Waals surface area contributed by atoms with Gasteiger partial charge in [0.2, 0.25) is 5.91 Å². The molecule has 0 fully saturated rings. The van der Waals surface area contributed by atoms with Crippen molar-refractivity contribution in [2.75, 3.05) is 7.11 Å². The van der Waals surface area contributed by atoms with Crippen molar-refractivity contribution >= 4 is 40.6 Å². The van der Waals surface area contributed by atoms with E-state index < -0.39 is 30.1 Å². The lowest BCUT2D eigenvalue weighted by Gasteiger charge is -2.22. The van der Waals surface area contributed by atoms with Crippen molar-refractivity contribution in [3.05, 3.63) is 105 Å². The molecule has 2 amide bonds. The number of carbonyl (C=O) groups excluding carboxylic acids is 3. The number of hydrogen-bond acceptors (Lipinski definition) is 5. The molecule has 3 rings (SSSR count). The third-order valence-electron chi connectivity index (χ3n) is 5.26. The molecule has 0 aromatic heterocycles. The van der Waals surface area contributed by atoms with Crippen LogP contribution in [0.25, 0.3) is 0 Å². The molecular formula is C27H27IN2O5. The molecule has 2 N–H and O–H groups in total. The Hall–Kier alpha value is -3.40. The SMILES string of the molecule is COC(=O)[C@H](Cc1ccc(I)cc1)NC(=O)[C@@H](Cc1ccccc1)NC(=O)OCc1ccccc1. The monoisotopic (exact) mass is 586 g/mol. The highest BCUT2D eigenvalue weighted by atomic mass is 127. The van der Waals surface area contributed by atoms with Crippen molar-refractivity contribution in [1.29, 1.82) is 0 Å². The van der Waals surface area contributed by atoms with Gasteiger partial charge in [-0.1, -0.05) is 72.8 Å². The van der Waals surface area contributed by atoms with E-state index in [0.717, 1.165) is 20.3 Å². The summed E-state index contributed by atoms with van der Waals surface area (Å²) in [6, 6.07) is 24.3. The van der Waals surface area contributed by atoms with Crippen LogP contribution < -0.4 is 10.6 Å². The number of methoxy groups -OCH3 is 1. The van der Waals surface area contributed by atoms with E-state index in [1.807, 2.05) is 84.9 Å². The highest BCUT2D eigenvalue weighted by Crippen LogP contribution is 2.11. The van der Waals surface area contributed by atoms with E-state index in [9.17, 15) is 14.4 Å². The maximum atomic E-state index is 13.2. The number of carbonyl (C=O) groups is 3. The fourth-order valence-corrected chi connectivity index (χ4v) is 3.79. The quantitative estimate of drug-likeness (QED) is 0.277. The number of amides is 2. The fraction of sp³-hybridized carbons (Fsp3) is 0.222. The molecule has 3 aromatic carbocycles. The highest BCUT2D eigenvalue weighted by Gasteiger charge is 2.28. The average molecular weight is 586 g/mol. The van der Waals surface area contributed by atoms with Gasteiger partial charge in [-0.05, 0) is 51.4 Å². The summed E-state index contributed by atoms with van der Waals surface area (Å²) in [7, 11) is 1.27. The minimum Gasteiger partial charge on any atom is -0.467 e. The Morgan fingerprint density at radius 3 is 1.89 bits per heavy atom. The maximum absolute atomic E-state index is 13.2. The van der Waals surface area contributed by atoms with Crippen LogP contribution in [0.2, 0.25) is 0 Å². The summed E-state index contributed by atoms with van der Waals surface area (Å²) >= 11 is 2.20. The summed E-state index contributed by atoms with van der Waals surface area (Å²) < 4.78 is 11.3. The predicted molar refractivity (Wildman–Crippen MR) is 141 cm³/mol. The van der Waals surface area contributed by atoms with Crippen molar-refractivity contribution in [1.82, 2.24) is 10.6 Å². The third kappa shape index (κ3) is 8.71. The molecule has 0 saturated carbocycles. The lowest BCUT2D eigenvalue weighted by atomic mass is 10.0. The Bertz CT molecular complexity index is 1110. The molecule has 0 aliphatic heterocycles. The van der Waals surface area contributed by atoms with Gasteiger partial charge in [0, 0.05) is 16.4 Å². The first-order valence-corrected chi connectivity index (χ1v) is 12.2. The summed E-state index contributed by atoms with van der Waals surface area (Å²) in [4.78, 5) is 38.2. The number of nitrogens with one attached hydrogen (secondary N) is 2. The van der Waals surface area contributed by atoms with Crippen LogP contribution >= 0.6 is 22.6 Å². The Kier molecular flexibility index (Phi) is 10.1. The smallest absolute Gasteiger partial charge is 0.408 e. The second kappa shape index (κ2) is 13.5. The van der Waals surface area contributed by atoms with Crippen LogP contribution in [0.3, 0.4) is 0 Å².